The normalized spacial score (nSPS) is 12.0. The van der Waals surface area contributed by atoms with Gasteiger partial charge in [0.1, 0.15) is 6.04 Å². The van der Waals surface area contributed by atoms with Gasteiger partial charge in [-0.3, -0.25) is 13.9 Å². The molecule has 0 saturated heterocycles. The molecule has 0 unspecified atom stereocenters. The molecule has 39 heavy (non-hydrogen) atoms. The molecule has 1 N–H and O–H groups in total. The maximum atomic E-state index is 13.7. The number of carbonyl (C=O) groups is 2. The number of hydrogen-bond donors (Lipinski definition) is 1. The van der Waals surface area contributed by atoms with E-state index in [9.17, 15) is 18.0 Å². The molecule has 208 valence electrons. The summed E-state index contributed by atoms with van der Waals surface area (Å²) in [7, 11) is -3.62. The van der Waals surface area contributed by atoms with Crippen molar-refractivity contribution in [3.8, 4) is 0 Å². The summed E-state index contributed by atoms with van der Waals surface area (Å²) in [6.07, 6.45) is 1.85. The van der Waals surface area contributed by atoms with Crippen LogP contribution in [0.2, 0.25) is 5.02 Å². The highest BCUT2D eigenvalue weighted by Crippen LogP contribution is 2.28. The lowest BCUT2D eigenvalue weighted by Crippen LogP contribution is -2.50. The SMILES string of the molecule is CCNC(=O)[C@H](Cc1ccccc1)N(Cc1ccccc1)C(=O)CCCN(c1cccc(Cl)c1C)S(C)(=O)=O. The van der Waals surface area contributed by atoms with Crippen molar-refractivity contribution in [3.05, 3.63) is 101 Å². The number of amides is 2. The van der Waals surface area contributed by atoms with E-state index < -0.39 is 16.1 Å². The summed E-state index contributed by atoms with van der Waals surface area (Å²) in [5, 5.41) is 3.35. The number of nitrogens with one attached hydrogen (secondary N) is 1. The Morgan fingerprint density at radius 2 is 1.54 bits per heavy atom. The van der Waals surface area contributed by atoms with Crippen molar-refractivity contribution in [2.75, 3.05) is 23.7 Å². The van der Waals surface area contributed by atoms with Crippen LogP contribution in [0.15, 0.2) is 78.9 Å². The standard InChI is InChI=1S/C30H36ClN3O4S/c1-4-32-30(36)28(21-24-13-7-5-8-14-24)33(22-25-15-9-6-10-16-25)29(35)19-12-20-34(39(3,37)38)27-18-11-17-26(31)23(27)2/h5-11,13-18,28H,4,12,19-22H2,1-3H3,(H,32,36)/t28-/m0/s1. The van der Waals surface area contributed by atoms with Gasteiger partial charge in [-0.25, -0.2) is 8.42 Å². The lowest BCUT2D eigenvalue weighted by molar-refractivity contribution is -0.141. The molecule has 0 bridgehead atoms. The third kappa shape index (κ3) is 8.57. The van der Waals surface area contributed by atoms with E-state index in [1.165, 1.54) is 4.31 Å². The molecule has 2 amide bonds. The molecule has 9 heteroatoms. The summed E-state index contributed by atoms with van der Waals surface area (Å²) in [5.74, 6) is -0.444. The van der Waals surface area contributed by atoms with Crippen molar-refractivity contribution in [3.63, 3.8) is 0 Å². The number of carbonyl (C=O) groups excluding carboxylic acids is 2. The molecular formula is C30H36ClN3O4S. The zero-order valence-electron chi connectivity index (χ0n) is 22.6. The summed E-state index contributed by atoms with van der Waals surface area (Å²) >= 11 is 6.25. The molecule has 1 atom stereocenters. The summed E-state index contributed by atoms with van der Waals surface area (Å²) < 4.78 is 26.6. The van der Waals surface area contributed by atoms with E-state index in [-0.39, 0.29) is 37.7 Å². The van der Waals surface area contributed by atoms with Gasteiger partial charge in [-0.05, 0) is 49.1 Å². The van der Waals surface area contributed by atoms with Crippen LogP contribution >= 0.6 is 11.6 Å². The lowest BCUT2D eigenvalue weighted by atomic mass is 10.0. The first-order chi connectivity index (χ1) is 18.6. The summed E-state index contributed by atoms with van der Waals surface area (Å²) in [6, 6.07) is 23.5. The van der Waals surface area contributed by atoms with Gasteiger partial charge in [0.05, 0.1) is 11.9 Å². The average molecular weight is 570 g/mol. The molecule has 7 nitrogen and oxygen atoms in total. The summed E-state index contributed by atoms with van der Waals surface area (Å²) in [6.45, 7) is 4.42. The largest absolute Gasteiger partial charge is 0.355 e. The quantitative estimate of drug-likeness (QED) is 0.315. The Morgan fingerprint density at radius 1 is 0.923 bits per heavy atom. The second-order valence-electron chi connectivity index (χ2n) is 9.43. The topological polar surface area (TPSA) is 86.8 Å². The molecule has 3 aromatic rings. The van der Waals surface area contributed by atoms with Gasteiger partial charge in [-0.1, -0.05) is 78.3 Å². The molecule has 0 aliphatic heterocycles. The minimum Gasteiger partial charge on any atom is -0.355 e. The minimum atomic E-state index is -3.62. The van der Waals surface area contributed by atoms with E-state index in [0.29, 0.717) is 29.2 Å². The van der Waals surface area contributed by atoms with Crippen LogP contribution in [0.5, 0.6) is 0 Å². The molecular weight excluding hydrogens is 534 g/mol. The van der Waals surface area contributed by atoms with Crippen LogP contribution in [-0.2, 0) is 32.6 Å². The fraction of sp³-hybridized carbons (Fsp3) is 0.333. The summed E-state index contributed by atoms with van der Waals surface area (Å²) in [4.78, 5) is 28.6. The predicted octanol–water partition coefficient (Wildman–Crippen LogP) is 4.97. The van der Waals surface area contributed by atoms with Crippen LogP contribution in [-0.4, -0.2) is 50.5 Å². The highest BCUT2D eigenvalue weighted by Gasteiger charge is 2.30. The van der Waals surface area contributed by atoms with E-state index in [2.05, 4.69) is 5.32 Å². The van der Waals surface area contributed by atoms with E-state index in [1.54, 1.807) is 30.0 Å². The molecule has 0 spiro atoms. The molecule has 0 aromatic heterocycles. The monoisotopic (exact) mass is 569 g/mol. The van der Waals surface area contributed by atoms with Gasteiger partial charge in [0.15, 0.2) is 0 Å². The molecule has 0 fully saturated rings. The smallest absolute Gasteiger partial charge is 0.243 e. The second-order valence-corrected chi connectivity index (χ2v) is 11.7. The first-order valence-electron chi connectivity index (χ1n) is 13.0. The third-order valence-electron chi connectivity index (χ3n) is 6.48. The van der Waals surface area contributed by atoms with E-state index in [4.69, 9.17) is 11.6 Å². The van der Waals surface area contributed by atoms with Crippen molar-refractivity contribution in [2.45, 2.75) is 45.7 Å². The van der Waals surface area contributed by atoms with Gasteiger partial charge in [0.2, 0.25) is 21.8 Å². The third-order valence-corrected chi connectivity index (χ3v) is 8.07. The Bertz CT molecular complexity index is 1350. The van der Waals surface area contributed by atoms with Crippen molar-refractivity contribution in [2.24, 2.45) is 0 Å². The Labute approximate surface area is 236 Å². The number of sulfonamides is 1. The first kappa shape index (κ1) is 30.2. The van der Waals surface area contributed by atoms with E-state index in [1.807, 2.05) is 67.6 Å². The van der Waals surface area contributed by atoms with Crippen molar-refractivity contribution in [1.29, 1.82) is 0 Å². The Balaban J connectivity index is 1.86. The highest BCUT2D eigenvalue weighted by molar-refractivity contribution is 7.92. The van der Waals surface area contributed by atoms with Gasteiger partial charge >= 0.3 is 0 Å². The Hall–Kier alpha value is -3.36. The van der Waals surface area contributed by atoms with Crippen LogP contribution < -0.4 is 9.62 Å². The molecule has 0 aliphatic rings. The molecule has 3 aromatic carbocycles. The average Bonchev–Trinajstić information content (AvgIpc) is 2.91. The van der Waals surface area contributed by atoms with Gasteiger partial charge in [-0.15, -0.1) is 0 Å². The van der Waals surface area contributed by atoms with Crippen LogP contribution in [0.3, 0.4) is 0 Å². The fourth-order valence-electron chi connectivity index (χ4n) is 4.47. The number of anilines is 1. The van der Waals surface area contributed by atoms with Crippen LogP contribution in [0.25, 0.3) is 0 Å². The van der Waals surface area contributed by atoms with Gasteiger partial charge in [0.25, 0.3) is 0 Å². The van der Waals surface area contributed by atoms with Crippen molar-refractivity contribution in [1.82, 2.24) is 10.2 Å². The number of halogens is 1. The molecule has 0 saturated carbocycles. The number of nitrogens with zero attached hydrogens (tertiary/aromatic N) is 2. The predicted molar refractivity (Wildman–Crippen MR) is 157 cm³/mol. The zero-order valence-corrected chi connectivity index (χ0v) is 24.2. The lowest BCUT2D eigenvalue weighted by Gasteiger charge is -2.32. The number of hydrogen-bond acceptors (Lipinski definition) is 4. The molecule has 0 heterocycles. The van der Waals surface area contributed by atoms with E-state index >= 15 is 0 Å². The highest BCUT2D eigenvalue weighted by atomic mass is 35.5. The number of rotatable bonds is 13. The van der Waals surface area contributed by atoms with Crippen LogP contribution in [0.1, 0.15) is 36.5 Å². The maximum absolute atomic E-state index is 13.7. The van der Waals surface area contributed by atoms with Crippen molar-refractivity contribution >= 4 is 39.1 Å². The minimum absolute atomic E-state index is 0.0726. The molecule has 0 radical (unpaired) electrons. The maximum Gasteiger partial charge on any atom is 0.243 e. The van der Waals surface area contributed by atoms with Gasteiger partial charge in [-0.2, -0.15) is 0 Å². The van der Waals surface area contributed by atoms with Crippen LogP contribution in [0, 0.1) is 6.92 Å². The van der Waals surface area contributed by atoms with Gasteiger partial charge in [0, 0.05) is 37.5 Å². The number of benzene rings is 3. The summed E-state index contributed by atoms with van der Waals surface area (Å²) in [5.41, 5.74) is 2.99. The zero-order chi connectivity index (χ0) is 28.4. The second kappa shape index (κ2) is 14.1. The number of likely N-dealkylation sites (N-methyl/N-ethyl adjacent to an activating group) is 1. The Kier molecular flexibility index (Phi) is 10.9. The molecule has 0 aliphatic carbocycles. The fourth-order valence-corrected chi connectivity index (χ4v) is 5.66. The van der Waals surface area contributed by atoms with E-state index in [0.717, 1.165) is 17.4 Å². The Morgan fingerprint density at radius 3 is 2.13 bits per heavy atom. The first-order valence-corrected chi connectivity index (χ1v) is 15.2. The van der Waals surface area contributed by atoms with Gasteiger partial charge < -0.3 is 10.2 Å². The molecule has 3 rings (SSSR count). The van der Waals surface area contributed by atoms with Crippen LogP contribution in [0.4, 0.5) is 5.69 Å². The van der Waals surface area contributed by atoms with Crippen molar-refractivity contribution < 1.29 is 18.0 Å².